The maximum Gasteiger partial charge on any atom is 0.166 e. The Balaban J connectivity index is 2.95. The first-order valence-corrected chi connectivity index (χ1v) is 4.88. The first-order valence-electron chi connectivity index (χ1n) is 4.12. The fraction of sp³-hybridized carbons (Fsp3) is 0.182. The van der Waals surface area contributed by atoms with Gasteiger partial charge in [-0.2, -0.15) is 0 Å². The quantitative estimate of drug-likeness (QED) is 0.562. The van der Waals surface area contributed by atoms with E-state index in [0.717, 1.165) is 5.57 Å². The lowest BCUT2D eigenvalue weighted by molar-refractivity contribution is 0.0993. The Hall–Kier alpha value is -0.790. The normalized spacial score (nSPS) is 9.93. The van der Waals surface area contributed by atoms with E-state index < -0.39 is 0 Å². The molecule has 0 N–H and O–H groups in total. The molecular weight excluding hydrogens is 219 g/mol. The molecule has 0 saturated carbocycles. The van der Waals surface area contributed by atoms with Gasteiger partial charge in [-0.05, 0) is 25.1 Å². The maximum atomic E-state index is 11.6. The van der Waals surface area contributed by atoms with E-state index in [2.05, 4.69) is 6.58 Å². The summed E-state index contributed by atoms with van der Waals surface area (Å²) in [4.78, 5) is 11.6. The van der Waals surface area contributed by atoms with Crippen LogP contribution in [0.2, 0.25) is 10.0 Å². The van der Waals surface area contributed by atoms with Crippen molar-refractivity contribution >= 4 is 29.0 Å². The molecule has 1 aromatic rings. The van der Waals surface area contributed by atoms with E-state index >= 15 is 0 Å². The Kier molecular flexibility index (Phi) is 3.73. The first kappa shape index (κ1) is 11.3. The van der Waals surface area contributed by atoms with Crippen LogP contribution in [0.15, 0.2) is 30.4 Å². The van der Waals surface area contributed by atoms with Gasteiger partial charge in [-0.3, -0.25) is 4.79 Å². The van der Waals surface area contributed by atoms with E-state index in [1.165, 1.54) is 0 Å². The number of Topliss-reactive ketones (excluding diaryl/α,β-unsaturated/α-hetero) is 1. The van der Waals surface area contributed by atoms with E-state index in [1.807, 2.05) is 6.92 Å². The summed E-state index contributed by atoms with van der Waals surface area (Å²) in [6.45, 7) is 5.49. The highest BCUT2D eigenvalue weighted by Crippen LogP contribution is 2.20. The fourth-order valence-electron chi connectivity index (χ4n) is 1.09. The van der Waals surface area contributed by atoms with Gasteiger partial charge in [0.1, 0.15) is 0 Å². The highest BCUT2D eigenvalue weighted by Gasteiger charge is 2.07. The Morgan fingerprint density at radius 1 is 1.29 bits per heavy atom. The van der Waals surface area contributed by atoms with Gasteiger partial charge in [0.25, 0.3) is 0 Å². The van der Waals surface area contributed by atoms with Gasteiger partial charge in [0, 0.05) is 22.0 Å². The lowest BCUT2D eigenvalue weighted by atomic mass is 10.1. The van der Waals surface area contributed by atoms with Crippen LogP contribution in [0.3, 0.4) is 0 Å². The number of carbonyl (C=O) groups excluding carboxylic acids is 1. The van der Waals surface area contributed by atoms with Gasteiger partial charge in [-0.15, -0.1) is 0 Å². The number of halogens is 2. The minimum Gasteiger partial charge on any atom is -0.294 e. The Bertz CT molecular complexity index is 363. The van der Waals surface area contributed by atoms with Crippen LogP contribution in [-0.2, 0) is 0 Å². The first-order chi connectivity index (χ1) is 6.49. The van der Waals surface area contributed by atoms with Crippen molar-refractivity contribution < 1.29 is 4.79 Å². The molecular formula is C11H10Cl2O. The van der Waals surface area contributed by atoms with Crippen LogP contribution >= 0.6 is 23.2 Å². The number of ketones is 1. The third-order valence-electron chi connectivity index (χ3n) is 1.65. The summed E-state index contributed by atoms with van der Waals surface area (Å²) in [6, 6.07) is 4.82. The number of hydrogen-bond acceptors (Lipinski definition) is 1. The molecule has 3 heteroatoms. The van der Waals surface area contributed by atoms with Gasteiger partial charge in [0.2, 0.25) is 0 Å². The molecule has 0 radical (unpaired) electrons. The van der Waals surface area contributed by atoms with Crippen molar-refractivity contribution in [2.75, 3.05) is 0 Å². The number of hydrogen-bond donors (Lipinski definition) is 0. The molecule has 1 rings (SSSR count). The second kappa shape index (κ2) is 4.63. The van der Waals surface area contributed by atoms with Gasteiger partial charge in [-0.25, -0.2) is 0 Å². The molecule has 1 nitrogen and oxygen atoms in total. The van der Waals surface area contributed by atoms with E-state index in [1.54, 1.807) is 18.2 Å². The van der Waals surface area contributed by atoms with E-state index in [0.29, 0.717) is 22.0 Å². The average molecular weight is 229 g/mol. The molecule has 0 aromatic heterocycles. The lowest BCUT2D eigenvalue weighted by Crippen LogP contribution is -1.99. The van der Waals surface area contributed by atoms with Gasteiger partial charge in [-0.1, -0.05) is 35.4 Å². The third kappa shape index (κ3) is 3.17. The Morgan fingerprint density at radius 2 is 1.79 bits per heavy atom. The largest absolute Gasteiger partial charge is 0.294 e. The molecule has 14 heavy (non-hydrogen) atoms. The van der Waals surface area contributed by atoms with Crippen molar-refractivity contribution in [2.45, 2.75) is 13.3 Å². The van der Waals surface area contributed by atoms with Crippen LogP contribution in [-0.4, -0.2) is 5.78 Å². The molecule has 0 heterocycles. The molecule has 0 bridgehead atoms. The molecule has 0 aliphatic rings. The minimum absolute atomic E-state index is 0.0121. The summed E-state index contributed by atoms with van der Waals surface area (Å²) in [5.74, 6) is -0.0121. The zero-order valence-corrected chi connectivity index (χ0v) is 9.32. The number of allylic oxidation sites excluding steroid dienone is 1. The number of benzene rings is 1. The van der Waals surface area contributed by atoms with E-state index in [4.69, 9.17) is 23.2 Å². The Labute approximate surface area is 93.3 Å². The number of carbonyl (C=O) groups is 1. The van der Waals surface area contributed by atoms with Crippen LogP contribution in [0, 0.1) is 0 Å². The van der Waals surface area contributed by atoms with Crippen molar-refractivity contribution in [1.82, 2.24) is 0 Å². The highest BCUT2D eigenvalue weighted by atomic mass is 35.5. The van der Waals surface area contributed by atoms with Crippen LogP contribution < -0.4 is 0 Å². The van der Waals surface area contributed by atoms with Crippen LogP contribution in [0.25, 0.3) is 0 Å². The van der Waals surface area contributed by atoms with Crippen molar-refractivity contribution in [3.8, 4) is 0 Å². The molecule has 1 aromatic carbocycles. The lowest BCUT2D eigenvalue weighted by Gasteiger charge is -2.02. The van der Waals surface area contributed by atoms with Crippen molar-refractivity contribution in [3.63, 3.8) is 0 Å². The second-order valence-electron chi connectivity index (χ2n) is 3.22. The molecule has 0 spiro atoms. The summed E-state index contributed by atoms with van der Waals surface area (Å²) >= 11 is 11.5. The predicted molar refractivity (Wildman–Crippen MR) is 60.2 cm³/mol. The molecule has 0 saturated heterocycles. The smallest absolute Gasteiger partial charge is 0.166 e. The van der Waals surface area contributed by atoms with Crippen molar-refractivity contribution in [2.24, 2.45) is 0 Å². The maximum absolute atomic E-state index is 11.6. The molecule has 0 unspecified atom stereocenters. The highest BCUT2D eigenvalue weighted by molar-refractivity contribution is 6.35. The summed E-state index contributed by atoms with van der Waals surface area (Å²) in [5, 5.41) is 0.949. The summed E-state index contributed by atoms with van der Waals surface area (Å²) in [5.41, 5.74) is 1.36. The Morgan fingerprint density at radius 3 is 2.21 bits per heavy atom. The zero-order chi connectivity index (χ0) is 10.7. The average Bonchev–Trinajstić information content (AvgIpc) is 2.00. The monoisotopic (exact) mass is 228 g/mol. The molecule has 0 aliphatic carbocycles. The van der Waals surface area contributed by atoms with Gasteiger partial charge in [0.15, 0.2) is 5.78 Å². The number of rotatable bonds is 3. The van der Waals surface area contributed by atoms with E-state index in [9.17, 15) is 4.79 Å². The van der Waals surface area contributed by atoms with Gasteiger partial charge in [0.05, 0.1) is 0 Å². The van der Waals surface area contributed by atoms with Gasteiger partial charge >= 0.3 is 0 Å². The zero-order valence-electron chi connectivity index (χ0n) is 7.81. The van der Waals surface area contributed by atoms with Crippen molar-refractivity contribution in [1.29, 1.82) is 0 Å². The molecule has 0 amide bonds. The van der Waals surface area contributed by atoms with Crippen molar-refractivity contribution in [3.05, 3.63) is 46.0 Å². The fourth-order valence-corrected chi connectivity index (χ4v) is 1.62. The molecule has 74 valence electrons. The van der Waals surface area contributed by atoms with Crippen LogP contribution in [0.1, 0.15) is 23.7 Å². The summed E-state index contributed by atoms with van der Waals surface area (Å²) in [7, 11) is 0. The second-order valence-corrected chi connectivity index (χ2v) is 4.09. The standard InChI is InChI=1S/C11H10Cl2O/c1-7(2)3-11(14)8-4-9(12)6-10(13)5-8/h4-6H,1,3H2,2H3. The molecule has 0 aliphatic heterocycles. The van der Waals surface area contributed by atoms with E-state index in [-0.39, 0.29) is 5.78 Å². The van der Waals surface area contributed by atoms with Gasteiger partial charge < -0.3 is 0 Å². The molecule has 0 fully saturated rings. The SMILES string of the molecule is C=C(C)CC(=O)c1cc(Cl)cc(Cl)c1. The van der Waals surface area contributed by atoms with Crippen LogP contribution in [0.5, 0.6) is 0 Å². The molecule has 0 atom stereocenters. The predicted octanol–water partition coefficient (Wildman–Crippen LogP) is 4.14. The van der Waals surface area contributed by atoms with Crippen LogP contribution in [0.4, 0.5) is 0 Å². The minimum atomic E-state index is -0.0121. The third-order valence-corrected chi connectivity index (χ3v) is 2.08. The topological polar surface area (TPSA) is 17.1 Å². The summed E-state index contributed by atoms with van der Waals surface area (Å²) < 4.78 is 0. The summed E-state index contributed by atoms with van der Waals surface area (Å²) in [6.07, 6.45) is 0.330.